The van der Waals surface area contributed by atoms with Crippen molar-refractivity contribution < 1.29 is 14.3 Å². The Labute approximate surface area is 123 Å². The van der Waals surface area contributed by atoms with Gasteiger partial charge in [-0.1, -0.05) is 18.2 Å². The quantitative estimate of drug-likeness (QED) is 0.806. The second kappa shape index (κ2) is 6.37. The molecule has 6 heteroatoms. The highest BCUT2D eigenvalue weighted by atomic mass is 16.5. The molecule has 21 heavy (non-hydrogen) atoms. The summed E-state index contributed by atoms with van der Waals surface area (Å²) < 4.78 is 4.85. The molecule has 2 rings (SSSR count). The zero-order valence-electron chi connectivity index (χ0n) is 12.0. The maximum atomic E-state index is 12.4. The van der Waals surface area contributed by atoms with Crippen molar-refractivity contribution in [3.63, 3.8) is 0 Å². The van der Waals surface area contributed by atoms with Gasteiger partial charge in [0, 0.05) is 26.4 Å². The maximum absolute atomic E-state index is 12.4. The van der Waals surface area contributed by atoms with Gasteiger partial charge in [-0.05, 0) is 11.6 Å². The Morgan fingerprint density at radius 1 is 1.52 bits per heavy atom. The van der Waals surface area contributed by atoms with Gasteiger partial charge in [-0.2, -0.15) is 5.26 Å². The molecule has 1 aliphatic heterocycles. The maximum Gasteiger partial charge on any atom is 0.238 e. The Hall–Kier alpha value is -2.39. The lowest BCUT2D eigenvalue weighted by Crippen LogP contribution is -2.38. The standard InChI is InChI=1S/C15H17N3O3/c1-18-12-6-4-3-5-10(12)13(15(18)20)11(9-16)14(19)17-7-8-21-2/h3-6,11,13H,7-8H2,1-2H3,(H,17,19)/t11-,13-/m1/s1. The van der Waals surface area contributed by atoms with E-state index >= 15 is 0 Å². The molecule has 0 aromatic heterocycles. The van der Waals surface area contributed by atoms with Gasteiger partial charge in [0.1, 0.15) is 5.92 Å². The molecular formula is C15H17N3O3. The Bertz CT molecular complexity index is 594. The van der Waals surface area contributed by atoms with Crippen LogP contribution in [0.4, 0.5) is 5.69 Å². The Kier molecular flexibility index (Phi) is 4.55. The first kappa shape index (κ1) is 15.0. The summed E-state index contributed by atoms with van der Waals surface area (Å²) in [5, 5.41) is 12.0. The molecule has 6 nitrogen and oxygen atoms in total. The topological polar surface area (TPSA) is 82.4 Å². The van der Waals surface area contributed by atoms with Gasteiger partial charge in [-0.15, -0.1) is 0 Å². The van der Waals surface area contributed by atoms with Crippen LogP contribution in [0.2, 0.25) is 0 Å². The Balaban J connectivity index is 2.25. The van der Waals surface area contributed by atoms with Gasteiger partial charge in [-0.25, -0.2) is 0 Å². The summed E-state index contributed by atoms with van der Waals surface area (Å²) >= 11 is 0. The van der Waals surface area contributed by atoms with Crippen molar-refractivity contribution in [3.05, 3.63) is 29.8 Å². The zero-order valence-corrected chi connectivity index (χ0v) is 12.0. The van der Waals surface area contributed by atoms with Gasteiger partial charge in [-0.3, -0.25) is 9.59 Å². The molecule has 1 N–H and O–H groups in total. The minimum Gasteiger partial charge on any atom is -0.383 e. The van der Waals surface area contributed by atoms with E-state index in [0.29, 0.717) is 13.2 Å². The van der Waals surface area contributed by atoms with Crippen LogP contribution in [0.5, 0.6) is 0 Å². The third-order valence-electron chi connectivity index (χ3n) is 3.59. The number of hydrogen-bond acceptors (Lipinski definition) is 4. The van der Waals surface area contributed by atoms with Crippen LogP contribution >= 0.6 is 0 Å². The Morgan fingerprint density at radius 3 is 2.90 bits per heavy atom. The predicted molar refractivity (Wildman–Crippen MR) is 76.6 cm³/mol. The second-order valence-electron chi connectivity index (χ2n) is 4.82. The van der Waals surface area contributed by atoms with Crippen molar-refractivity contribution in [2.75, 3.05) is 32.2 Å². The molecule has 1 aromatic carbocycles. The van der Waals surface area contributed by atoms with Gasteiger partial charge in [0.2, 0.25) is 11.8 Å². The summed E-state index contributed by atoms with van der Waals surface area (Å²) in [5.74, 6) is -2.47. The highest BCUT2D eigenvalue weighted by molar-refractivity contribution is 6.07. The number of nitrogens with one attached hydrogen (secondary N) is 1. The lowest BCUT2D eigenvalue weighted by atomic mass is 9.87. The van der Waals surface area contributed by atoms with Gasteiger partial charge in [0.05, 0.1) is 18.6 Å². The van der Waals surface area contributed by atoms with Crippen molar-refractivity contribution in [2.24, 2.45) is 5.92 Å². The number of amides is 2. The average molecular weight is 287 g/mol. The number of methoxy groups -OCH3 is 1. The number of nitriles is 1. The zero-order chi connectivity index (χ0) is 15.4. The monoisotopic (exact) mass is 287 g/mol. The average Bonchev–Trinajstić information content (AvgIpc) is 2.74. The molecule has 110 valence electrons. The molecule has 0 fully saturated rings. The van der Waals surface area contributed by atoms with Crippen molar-refractivity contribution >= 4 is 17.5 Å². The second-order valence-corrected chi connectivity index (χ2v) is 4.82. The Morgan fingerprint density at radius 2 is 2.24 bits per heavy atom. The van der Waals surface area contributed by atoms with Crippen molar-refractivity contribution in [3.8, 4) is 6.07 Å². The molecule has 1 aromatic rings. The van der Waals surface area contributed by atoms with Crippen molar-refractivity contribution in [1.82, 2.24) is 5.32 Å². The summed E-state index contributed by atoms with van der Waals surface area (Å²) in [4.78, 5) is 26.0. The number of para-hydroxylation sites is 1. The molecule has 0 aliphatic carbocycles. The van der Waals surface area contributed by atoms with E-state index in [1.54, 1.807) is 19.2 Å². The van der Waals surface area contributed by atoms with E-state index in [1.807, 2.05) is 18.2 Å². The van der Waals surface area contributed by atoms with E-state index in [9.17, 15) is 14.9 Å². The first-order chi connectivity index (χ1) is 10.1. The van der Waals surface area contributed by atoms with Gasteiger partial charge in [0.15, 0.2) is 0 Å². The minimum absolute atomic E-state index is 0.232. The van der Waals surface area contributed by atoms with E-state index in [-0.39, 0.29) is 5.91 Å². The van der Waals surface area contributed by atoms with E-state index in [4.69, 9.17) is 4.74 Å². The smallest absolute Gasteiger partial charge is 0.238 e. The van der Waals surface area contributed by atoms with Crippen LogP contribution in [0.25, 0.3) is 0 Å². The van der Waals surface area contributed by atoms with E-state index in [0.717, 1.165) is 11.3 Å². The lowest BCUT2D eigenvalue weighted by molar-refractivity contribution is -0.128. The SMILES string of the molecule is COCCNC(=O)[C@H](C#N)[C@@H]1C(=O)N(C)c2ccccc21. The van der Waals surface area contributed by atoms with Crippen molar-refractivity contribution in [1.29, 1.82) is 5.26 Å². The number of benzene rings is 1. The predicted octanol–water partition coefficient (Wildman–Crippen LogP) is 0.649. The van der Waals surface area contributed by atoms with Gasteiger partial charge in [0.25, 0.3) is 0 Å². The number of carbonyl (C=O) groups excluding carboxylic acids is 2. The first-order valence-corrected chi connectivity index (χ1v) is 6.64. The molecule has 1 heterocycles. The lowest BCUT2D eigenvalue weighted by Gasteiger charge is -2.16. The molecule has 0 spiro atoms. The summed E-state index contributed by atoms with van der Waals surface area (Å²) in [7, 11) is 3.18. The summed E-state index contributed by atoms with van der Waals surface area (Å²) in [6.45, 7) is 0.672. The number of fused-ring (bicyclic) bond motifs is 1. The van der Waals surface area contributed by atoms with E-state index in [2.05, 4.69) is 5.32 Å². The molecular weight excluding hydrogens is 270 g/mol. The molecule has 0 radical (unpaired) electrons. The normalized spacial score (nSPS) is 18.0. The highest BCUT2D eigenvalue weighted by Crippen LogP contribution is 2.40. The van der Waals surface area contributed by atoms with E-state index in [1.165, 1.54) is 12.0 Å². The van der Waals surface area contributed by atoms with Gasteiger partial charge < -0.3 is 15.0 Å². The number of anilines is 1. The third-order valence-corrected chi connectivity index (χ3v) is 3.59. The number of hydrogen-bond donors (Lipinski definition) is 1. The molecule has 0 saturated heterocycles. The number of ether oxygens (including phenoxy) is 1. The molecule has 2 atom stereocenters. The van der Waals surface area contributed by atoms with Crippen LogP contribution in [-0.4, -0.2) is 39.1 Å². The third kappa shape index (κ3) is 2.73. The number of likely N-dealkylation sites (N-methyl/N-ethyl adjacent to an activating group) is 1. The van der Waals surface area contributed by atoms with Crippen LogP contribution in [0.15, 0.2) is 24.3 Å². The first-order valence-electron chi connectivity index (χ1n) is 6.64. The highest BCUT2D eigenvalue weighted by Gasteiger charge is 2.43. The van der Waals surface area contributed by atoms with E-state index < -0.39 is 17.7 Å². The summed E-state index contributed by atoms with van der Waals surface area (Å²) in [6, 6.07) is 9.18. The molecule has 0 saturated carbocycles. The molecule has 2 amide bonds. The number of carbonyl (C=O) groups is 2. The van der Waals surface area contributed by atoms with Crippen molar-refractivity contribution in [2.45, 2.75) is 5.92 Å². The molecule has 0 unspecified atom stereocenters. The number of nitrogens with zero attached hydrogens (tertiary/aromatic N) is 2. The largest absolute Gasteiger partial charge is 0.383 e. The minimum atomic E-state index is -1.04. The van der Waals surface area contributed by atoms with Crippen LogP contribution < -0.4 is 10.2 Å². The van der Waals surface area contributed by atoms with Gasteiger partial charge >= 0.3 is 0 Å². The fraction of sp³-hybridized carbons (Fsp3) is 0.400. The fourth-order valence-electron chi connectivity index (χ4n) is 2.51. The van der Waals surface area contributed by atoms with Crippen LogP contribution in [0.1, 0.15) is 11.5 Å². The fourth-order valence-corrected chi connectivity index (χ4v) is 2.51. The molecule has 0 bridgehead atoms. The van der Waals surface area contributed by atoms with Crippen LogP contribution in [0, 0.1) is 17.2 Å². The number of rotatable bonds is 5. The van der Waals surface area contributed by atoms with Crippen LogP contribution in [-0.2, 0) is 14.3 Å². The summed E-state index contributed by atoms with van der Waals surface area (Å²) in [5.41, 5.74) is 1.47. The van der Waals surface area contributed by atoms with Crippen LogP contribution in [0.3, 0.4) is 0 Å². The summed E-state index contributed by atoms with van der Waals surface area (Å²) in [6.07, 6.45) is 0. The molecule has 1 aliphatic rings.